The number of hydrogen-bond acceptors (Lipinski definition) is 3. The van der Waals surface area contributed by atoms with Gasteiger partial charge in [0.05, 0.1) is 13.2 Å². The summed E-state index contributed by atoms with van der Waals surface area (Å²) in [7, 11) is 0. The Labute approximate surface area is 78.6 Å². The lowest BCUT2D eigenvalue weighted by Crippen LogP contribution is -2.24. The maximum absolute atomic E-state index is 11.5. The van der Waals surface area contributed by atoms with Crippen LogP contribution in [0.4, 0.5) is 17.6 Å². The largest absolute Gasteiger partial charge is 0.388 e. The molecule has 0 fully saturated rings. The van der Waals surface area contributed by atoms with Crippen LogP contribution in [0, 0.1) is 0 Å². The zero-order chi connectivity index (χ0) is 11.0. The van der Waals surface area contributed by atoms with Crippen LogP contribution < -0.4 is 0 Å². The topological polar surface area (TPSA) is 38.7 Å². The minimum atomic E-state index is -2.61. The van der Waals surface area contributed by atoms with Gasteiger partial charge in [-0.2, -0.15) is 0 Å². The van der Waals surface area contributed by atoms with Gasteiger partial charge in [0, 0.05) is 0 Å². The lowest BCUT2D eigenvalue weighted by Gasteiger charge is -2.11. The fourth-order valence-electron chi connectivity index (χ4n) is 0.634. The molecule has 14 heavy (non-hydrogen) atoms. The molecule has 7 heteroatoms. The lowest BCUT2D eigenvalue weighted by atomic mass is 10.4. The Morgan fingerprint density at radius 2 is 1.14 bits per heavy atom. The third-order valence-corrected chi connectivity index (χ3v) is 1.11. The molecule has 0 heterocycles. The Bertz CT molecular complexity index is 120. The number of rotatable bonds is 8. The van der Waals surface area contributed by atoms with Crippen LogP contribution in [0.25, 0.3) is 0 Å². The summed E-state index contributed by atoms with van der Waals surface area (Å²) in [4.78, 5) is 0. The smallest absolute Gasteiger partial charge is 0.261 e. The molecule has 0 aliphatic rings. The number of halogens is 4. The number of hydrogen-bond donors (Lipinski definition) is 1. The van der Waals surface area contributed by atoms with Gasteiger partial charge in [0.25, 0.3) is 12.9 Å². The number of aliphatic hydroxyl groups excluding tert-OH is 1. The quantitative estimate of drug-likeness (QED) is 0.618. The van der Waals surface area contributed by atoms with Gasteiger partial charge in [-0.05, 0) is 0 Å². The minimum absolute atomic E-state index is 0.354. The van der Waals surface area contributed by atoms with E-state index in [1.807, 2.05) is 0 Å². The molecular weight excluding hydrogens is 208 g/mol. The van der Waals surface area contributed by atoms with Gasteiger partial charge in [0.2, 0.25) is 0 Å². The van der Waals surface area contributed by atoms with Crippen molar-refractivity contribution in [3.05, 3.63) is 0 Å². The van der Waals surface area contributed by atoms with Gasteiger partial charge in [-0.1, -0.05) is 0 Å². The molecule has 0 aromatic heterocycles. The van der Waals surface area contributed by atoms with Gasteiger partial charge >= 0.3 is 0 Å². The first-order valence-electron chi connectivity index (χ1n) is 3.92. The lowest BCUT2D eigenvalue weighted by molar-refractivity contribution is -0.0615. The zero-order valence-corrected chi connectivity index (χ0v) is 7.34. The molecule has 0 saturated heterocycles. The molecule has 1 N–H and O–H groups in total. The normalized spacial score (nSPS) is 12.0. The summed E-state index contributed by atoms with van der Waals surface area (Å²) in [5.41, 5.74) is 0. The zero-order valence-electron chi connectivity index (χ0n) is 7.34. The highest BCUT2D eigenvalue weighted by atomic mass is 19.3. The molecule has 0 aliphatic heterocycles. The van der Waals surface area contributed by atoms with Crippen molar-refractivity contribution in [2.45, 2.75) is 19.0 Å². The second kappa shape index (κ2) is 7.95. The van der Waals surface area contributed by atoms with Crippen molar-refractivity contribution in [1.29, 1.82) is 0 Å². The summed E-state index contributed by atoms with van der Waals surface area (Å²) in [5.74, 6) is 0. The molecule has 0 aromatic rings. The molecule has 0 rings (SSSR count). The van der Waals surface area contributed by atoms with E-state index in [2.05, 4.69) is 9.47 Å². The molecule has 0 bridgehead atoms. The molecule has 86 valence electrons. The Balaban J connectivity index is 3.23. The molecule has 0 aliphatic carbocycles. The maximum atomic E-state index is 11.5. The first-order valence-corrected chi connectivity index (χ1v) is 3.92. The van der Waals surface area contributed by atoms with E-state index in [0.717, 1.165) is 0 Å². The van der Waals surface area contributed by atoms with Gasteiger partial charge in [-0.15, -0.1) is 0 Å². The highest BCUT2D eigenvalue weighted by Crippen LogP contribution is 1.96. The van der Waals surface area contributed by atoms with Crippen LogP contribution in [-0.2, 0) is 9.47 Å². The van der Waals surface area contributed by atoms with Crippen molar-refractivity contribution in [2.24, 2.45) is 0 Å². The van der Waals surface area contributed by atoms with E-state index in [-0.39, 0.29) is 13.2 Å². The third-order valence-electron chi connectivity index (χ3n) is 1.11. The predicted octanol–water partition coefficient (Wildman–Crippen LogP) is 0.911. The SMILES string of the molecule is OC(COCC(F)F)COCC(F)F. The standard InChI is InChI=1S/C7H12F4O3/c8-6(9)3-13-1-5(12)2-14-4-7(10)11/h5-7,12H,1-4H2. The van der Waals surface area contributed by atoms with E-state index in [1.54, 1.807) is 0 Å². The van der Waals surface area contributed by atoms with Gasteiger partial charge in [0.15, 0.2) is 0 Å². The highest BCUT2D eigenvalue weighted by molar-refractivity contribution is 4.52. The maximum Gasteiger partial charge on any atom is 0.261 e. The second-order valence-electron chi connectivity index (χ2n) is 2.51. The Kier molecular flexibility index (Phi) is 7.73. The number of ether oxygens (including phenoxy) is 2. The van der Waals surface area contributed by atoms with Crippen LogP contribution >= 0.6 is 0 Å². The summed E-state index contributed by atoms with van der Waals surface area (Å²) >= 11 is 0. The van der Waals surface area contributed by atoms with Gasteiger partial charge < -0.3 is 14.6 Å². The third kappa shape index (κ3) is 9.69. The molecule has 0 radical (unpaired) electrons. The average Bonchev–Trinajstić information content (AvgIpc) is 2.02. The van der Waals surface area contributed by atoms with E-state index < -0.39 is 32.2 Å². The molecular formula is C7H12F4O3. The molecule has 0 spiro atoms. The van der Waals surface area contributed by atoms with Crippen LogP contribution in [0.3, 0.4) is 0 Å². The fraction of sp³-hybridized carbons (Fsp3) is 1.00. The summed E-state index contributed by atoms with van der Waals surface area (Å²) in [5, 5.41) is 8.94. The molecule has 3 nitrogen and oxygen atoms in total. The van der Waals surface area contributed by atoms with E-state index in [9.17, 15) is 17.6 Å². The first-order chi connectivity index (χ1) is 6.52. The predicted molar refractivity (Wildman–Crippen MR) is 39.7 cm³/mol. The van der Waals surface area contributed by atoms with Crippen LogP contribution in [-0.4, -0.2) is 50.5 Å². The molecule has 0 saturated carbocycles. The second-order valence-corrected chi connectivity index (χ2v) is 2.51. The minimum Gasteiger partial charge on any atom is -0.388 e. The van der Waals surface area contributed by atoms with Crippen LogP contribution in [0.5, 0.6) is 0 Å². The Morgan fingerprint density at radius 3 is 1.43 bits per heavy atom. The van der Waals surface area contributed by atoms with Crippen molar-refractivity contribution in [1.82, 2.24) is 0 Å². The van der Waals surface area contributed by atoms with Crippen molar-refractivity contribution >= 4 is 0 Å². The first kappa shape index (κ1) is 13.6. The summed E-state index contributed by atoms with van der Waals surface area (Å²) in [6.07, 6.45) is -6.37. The molecule has 0 unspecified atom stereocenters. The van der Waals surface area contributed by atoms with E-state index in [0.29, 0.717) is 0 Å². The van der Waals surface area contributed by atoms with E-state index in [4.69, 9.17) is 5.11 Å². The average molecular weight is 220 g/mol. The molecule has 0 atom stereocenters. The highest BCUT2D eigenvalue weighted by Gasteiger charge is 2.09. The van der Waals surface area contributed by atoms with Crippen LogP contribution in [0.2, 0.25) is 0 Å². The Morgan fingerprint density at radius 1 is 0.786 bits per heavy atom. The molecule has 0 amide bonds. The summed E-state index contributed by atoms with van der Waals surface area (Å²) < 4.78 is 54.7. The van der Waals surface area contributed by atoms with Crippen molar-refractivity contribution < 1.29 is 32.1 Å². The van der Waals surface area contributed by atoms with Crippen molar-refractivity contribution in [2.75, 3.05) is 26.4 Å². The van der Waals surface area contributed by atoms with Gasteiger partial charge in [-0.25, -0.2) is 17.6 Å². The summed E-state index contributed by atoms with van der Waals surface area (Å²) in [6.45, 7) is -2.28. The van der Waals surface area contributed by atoms with Gasteiger partial charge in [-0.3, -0.25) is 0 Å². The fourth-order valence-corrected chi connectivity index (χ4v) is 0.634. The van der Waals surface area contributed by atoms with E-state index >= 15 is 0 Å². The van der Waals surface area contributed by atoms with Gasteiger partial charge in [0.1, 0.15) is 19.3 Å². The number of alkyl halides is 4. The van der Waals surface area contributed by atoms with Crippen molar-refractivity contribution in [3.8, 4) is 0 Å². The Hall–Kier alpha value is -0.400. The van der Waals surface area contributed by atoms with Crippen LogP contribution in [0.1, 0.15) is 0 Å². The molecule has 0 aromatic carbocycles. The monoisotopic (exact) mass is 220 g/mol. The van der Waals surface area contributed by atoms with Crippen LogP contribution in [0.15, 0.2) is 0 Å². The van der Waals surface area contributed by atoms with Crippen molar-refractivity contribution in [3.63, 3.8) is 0 Å². The number of aliphatic hydroxyl groups is 1. The van der Waals surface area contributed by atoms with E-state index in [1.165, 1.54) is 0 Å². The summed E-state index contributed by atoms with van der Waals surface area (Å²) in [6, 6.07) is 0.